The molecule has 0 aliphatic rings. The maximum Gasteiger partial charge on any atom is 0.283 e. The molecule has 0 amide bonds. The number of aromatic nitrogens is 2. The third-order valence-electron chi connectivity index (χ3n) is 0.963. The van der Waals surface area contributed by atoms with E-state index in [2.05, 4.69) is 9.97 Å². The minimum atomic E-state index is -2.64. The zero-order chi connectivity index (χ0) is 7.56. The number of anilines is 1. The van der Waals surface area contributed by atoms with Crippen LogP contribution in [0.5, 0.6) is 0 Å². The van der Waals surface area contributed by atoms with Crippen LogP contribution in [-0.4, -0.2) is 9.97 Å². The monoisotopic (exact) mass is 145 g/mol. The Labute approximate surface area is 55.9 Å². The molecular weight excluding hydrogens is 140 g/mol. The number of hydrogen-bond donors (Lipinski definition) is 1. The molecule has 0 saturated heterocycles. The normalized spacial score (nSPS) is 10.3. The van der Waals surface area contributed by atoms with Crippen molar-refractivity contribution < 1.29 is 8.78 Å². The van der Waals surface area contributed by atoms with Crippen molar-refractivity contribution in [1.29, 1.82) is 0 Å². The van der Waals surface area contributed by atoms with Gasteiger partial charge < -0.3 is 5.73 Å². The molecule has 0 radical (unpaired) electrons. The molecule has 0 spiro atoms. The fraction of sp³-hybridized carbons (Fsp3) is 0.200. The number of nitrogens with zero attached hydrogens (tertiary/aromatic N) is 2. The molecule has 0 aromatic carbocycles. The fourth-order valence-corrected chi connectivity index (χ4v) is 0.528. The van der Waals surface area contributed by atoms with Gasteiger partial charge in [-0.15, -0.1) is 0 Å². The summed E-state index contributed by atoms with van der Waals surface area (Å²) in [5, 5.41) is 0. The van der Waals surface area contributed by atoms with Gasteiger partial charge in [0.25, 0.3) is 6.43 Å². The molecule has 10 heavy (non-hydrogen) atoms. The van der Waals surface area contributed by atoms with Crippen LogP contribution in [0, 0.1) is 0 Å². The van der Waals surface area contributed by atoms with Gasteiger partial charge in [0, 0.05) is 12.4 Å². The molecule has 0 fully saturated rings. The van der Waals surface area contributed by atoms with Gasteiger partial charge in [0.15, 0.2) is 5.82 Å². The Morgan fingerprint density at radius 1 is 1.30 bits per heavy atom. The first-order valence-electron chi connectivity index (χ1n) is 2.56. The maximum atomic E-state index is 11.8. The van der Waals surface area contributed by atoms with Crippen LogP contribution in [0.3, 0.4) is 0 Å². The van der Waals surface area contributed by atoms with Gasteiger partial charge in [0.1, 0.15) is 5.69 Å². The van der Waals surface area contributed by atoms with Crippen LogP contribution in [0.4, 0.5) is 14.6 Å². The van der Waals surface area contributed by atoms with E-state index >= 15 is 0 Å². The maximum absolute atomic E-state index is 11.8. The molecule has 0 aliphatic heterocycles. The van der Waals surface area contributed by atoms with E-state index in [9.17, 15) is 8.78 Å². The van der Waals surface area contributed by atoms with Crippen LogP contribution in [0.2, 0.25) is 0 Å². The van der Waals surface area contributed by atoms with Crippen molar-refractivity contribution >= 4 is 5.82 Å². The summed E-state index contributed by atoms with van der Waals surface area (Å²) in [6.07, 6.45) is -0.201. The molecule has 0 saturated carbocycles. The van der Waals surface area contributed by atoms with Crippen LogP contribution in [0.25, 0.3) is 0 Å². The van der Waals surface area contributed by atoms with Crippen molar-refractivity contribution in [2.45, 2.75) is 6.43 Å². The average Bonchev–Trinajstić information content (AvgIpc) is 1.88. The molecule has 0 bridgehead atoms. The summed E-state index contributed by atoms with van der Waals surface area (Å²) in [6.45, 7) is 0. The quantitative estimate of drug-likeness (QED) is 0.641. The van der Waals surface area contributed by atoms with E-state index in [-0.39, 0.29) is 5.82 Å². The van der Waals surface area contributed by atoms with Crippen LogP contribution in [0.1, 0.15) is 12.1 Å². The van der Waals surface area contributed by atoms with Crippen molar-refractivity contribution in [2.75, 3.05) is 5.73 Å². The molecule has 1 aromatic rings. The van der Waals surface area contributed by atoms with Crippen molar-refractivity contribution in [3.63, 3.8) is 0 Å². The van der Waals surface area contributed by atoms with Gasteiger partial charge >= 0.3 is 0 Å². The molecule has 0 atom stereocenters. The highest BCUT2D eigenvalue weighted by atomic mass is 19.3. The Kier molecular flexibility index (Phi) is 1.75. The Morgan fingerprint density at radius 3 is 2.30 bits per heavy atom. The van der Waals surface area contributed by atoms with Gasteiger partial charge in [-0.3, -0.25) is 0 Å². The summed E-state index contributed by atoms with van der Waals surface area (Å²) < 4.78 is 23.7. The summed E-state index contributed by atoms with van der Waals surface area (Å²) in [6, 6.07) is 0. The number of hydrogen-bond acceptors (Lipinski definition) is 3. The van der Waals surface area contributed by atoms with Crippen LogP contribution < -0.4 is 5.73 Å². The molecular formula is C5H5F2N3. The number of rotatable bonds is 1. The second kappa shape index (κ2) is 2.55. The lowest BCUT2D eigenvalue weighted by Crippen LogP contribution is -1.99. The van der Waals surface area contributed by atoms with Gasteiger partial charge in [-0.1, -0.05) is 0 Å². The smallest absolute Gasteiger partial charge is 0.283 e. The van der Waals surface area contributed by atoms with E-state index in [1.54, 1.807) is 0 Å². The largest absolute Gasteiger partial charge is 0.382 e. The van der Waals surface area contributed by atoms with E-state index in [4.69, 9.17) is 5.73 Å². The summed E-state index contributed by atoms with van der Waals surface area (Å²) in [5.41, 5.74) is 4.61. The zero-order valence-electron chi connectivity index (χ0n) is 4.96. The summed E-state index contributed by atoms with van der Waals surface area (Å²) in [7, 11) is 0. The first-order chi connectivity index (χ1) is 4.72. The van der Waals surface area contributed by atoms with Gasteiger partial charge in [-0.2, -0.15) is 0 Å². The topological polar surface area (TPSA) is 51.8 Å². The summed E-state index contributed by atoms with van der Waals surface area (Å²) in [4.78, 5) is 6.78. The minimum absolute atomic E-state index is 0.211. The number of alkyl halides is 2. The van der Waals surface area contributed by atoms with Gasteiger partial charge in [0.05, 0.1) is 0 Å². The second-order valence-corrected chi connectivity index (χ2v) is 1.63. The molecule has 5 heteroatoms. The molecule has 3 nitrogen and oxygen atoms in total. The van der Waals surface area contributed by atoms with Crippen molar-refractivity contribution in [3.05, 3.63) is 18.1 Å². The average molecular weight is 145 g/mol. The predicted octanol–water partition coefficient (Wildman–Crippen LogP) is 0.996. The standard InChI is InChI=1S/C5H5F2N3/c6-4(7)3-5(8)10-2-1-9-3/h1-2,4H,(H2,8,10). The Morgan fingerprint density at radius 2 is 1.90 bits per heavy atom. The highest BCUT2D eigenvalue weighted by Crippen LogP contribution is 2.19. The zero-order valence-corrected chi connectivity index (χ0v) is 4.96. The highest BCUT2D eigenvalue weighted by Gasteiger charge is 2.11. The van der Waals surface area contributed by atoms with E-state index in [0.29, 0.717) is 0 Å². The van der Waals surface area contributed by atoms with Crippen LogP contribution in [0.15, 0.2) is 12.4 Å². The van der Waals surface area contributed by atoms with Crippen molar-refractivity contribution in [2.24, 2.45) is 0 Å². The Balaban J connectivity index is 3.03. The molecule has 2 N–H and O–H groups in total. The SMILES string of the molecule is Nc1nccnc1C(F)F. The predicted molar refractivity (Wildman–Crippen MR) is 31.4 cm³/mol. The summed E-state index contributed by atoms with van der Waals surface area (Å²) >= 11 is 0. The van der Waals surface area contributed by atoms with Crippen LogP contribution in [-0.2, 0) is 0 Å². The van der Waals surface area contributed by atoms with Gasteiger partial charge in [-0.05, 0) is 0 Å². The van der Waals surface area contributed by atoms with E-state index in [1.165, 1.54) is 12.4 Å². The van der Waals surface area contributed by atoms with Crippen molar-refractivity contribution in [1.82, 2.24) is 9.97 Å². The molecule has 0 aliphatic carbocycles. The van der Waals surface area contributed by atoms with Gasteiger partial charge in [-0.25, -0.2) is 18.7 Å². The molecule has 1 heterocycles. The third-order valence-corrected chi connectivity index (χ3v) is 0.963. The molecule has 1 aromatic heterocycles. The second-order valence-electron chi connectivity index (χ2n) is 1.63. The highest BCUT2D eigenvalue weighted by molar-refractivity contribution is 5.33. The molecule has 54 valence electrons. The number of nitrogen functional groups attached to an aromatic ring is 1. The molecule has 0 unspecified atom stereocenters. The number of halogens is 2. The van der Waals surface area contributed by atoms with Crippen molar-refractivity contribution in [3.8, 4) is 0 Å². The van der Waals surface area contributed by atoms with E-state index in [0.717, 1.165) is 0 Å². The lowest BCUT2D eigenvalue weighted by atomic mass is 10.4. The lowest BCUT2D eigenvalue weighted by molar-refractivity contribution is 0.146. The first-order valence-corrected chi connectivity index (χ1v) is 2.56. The summed E-state index contributed by atoms with van der Waals surface area (Å²) in [5.74, 6) is -0.211. The Hall–Kier alpha value is -1.26. The van der Waals surface area contributed by atoms with E-state index < -0.39 is 12.1 Å². The van der Waals surface area contributed by atoms with Gasteiger partial charge in [0.2, 0.25) is 0 Å². The third kappa shape index (κ3) is 1.18. The first kappa shape index (κ1) is 6.85. The Bertz CT molecular complexity index is 226. The van der Waals surface area contributed by atoms with E-state index in [1.807, 2.05) is 0 Å². The lowest BCUT2D eigenvalue weighted by Gasteiger charge is -1.98. The van der Waals surface area contributed by atoms with Crippen LogP contribution >= 0.6 is 0 Å². The fourth-order valence-electron chi connectivity index (χ4n) is 0.528. The minimum Gasteiger partial charge on any atom is -0.382 e. The number of nitrogens with two attached hydrogens (primary N) is 1. The molecule has 1 rings (SSSR count).